The monoisotopic (exact) mass is 534 g/mol. The zero-order valence-electron chi connectivity index (χ0n) is 21.1. The van der Waals surface area contributed by atoms with Crippen molar-refractivity contribution in [3.8, 4) is 0 Å². The fourth-order valence-corrected chi connectivity index (χ4v) is 7.44. The van der Waals surface area contributed by atoms with Gasteiger partial charge in [-0.1, -0.05) is 30.3 Å². The van der Waals surface area contributed by atoms with E-state index in [2.05, 4.69) is 31.7 Å². The van der Waals surface area contributed by atoms with E-state index in [0.717, 1.165) is 32.2 Å². The van der Waals surface area contributed by atoms with Crippen molar-refractivity contribution in [2.75, 3.05) is 6.61 Å². The lowest BCUT2D eigenvalue weighted by atomic mass is 9.97. The molecule has 3 N–H and O–H groups in total. The highest BCUT2D eigenvalue weighted by molar-refractivity contribution is 7.89. The molecule has 6 rings (SSSR count). The van der Waals surface area contributed by atoms with Gasteiger partial charge in [-0.2, -0.15) is 0 Å². The van der Waals surface area contributed by atoms with Gasteiger partial charge in [-0.15, -0.1) is 0 Å². The van der Waals surface area contributed by atoms with Gasteiger partial charge in [-0.25, -0.2) is 17.9 Å². The molecule has 2 aromatic carbocycles. The Labute approximate surface area is 220 Å². The number of fused-ring (bicyclic) bond motifs is 5. The molecule has 2 aliphatic heterocycles. The number of hydrogen-bond donors (Lipinski definition) is 3. The molecule has 2 atom stereocenters. The van der Waals surface area contributed by atoms with Crippen molar-refractivity contribution < 1.29 is 17.9 Å². The van der Waals surface area contributed by atoms with Gasteiger partial charge in [0.25, 0.3) is 5.56 Å². The summed E-state index contributed by atoms with van der Waals surface area (Å²) >= 11 is 0. The molecule has 2 aromatic heterocycles. The van der Waals surface area contributed by atoms with Crippen LogP contribution in [-0.4, -0.2) is 54.0 Å². The summed E-state index contributed by atoms with van der Waals surface area (Å²) in [5.74, 6) is -0.574. The Bertz CT molecular complexity index is 1660. The number of piperidine rings is 1. The summed E-state index contributed by atoms with van der Waals surface area (Å²) in [6.45, 7) is 2.77. The molecule has 0 aliphatic carbocycles. The molecular weight excluding hydrogens is 504 g/mol. The number of nitrogens with one attached hydrogen (secondary N) is 3. The Hall–Kier alpha value is -3.47. The van der Waals surface area contributed by atoms with Crippen LogP contribution in [0.2, 0.25) is 0 Å². The van der Waals surface area contributed by atoms with Gasteiger partial charge in [0, 0.05) is 47.2 Å². The topological polar surface area (TPSA) is 124 Å². The van der Waals surface area contributed by atoms with Gasteiger partial charge in [0.1, 0.15) is 5.52 Å². The molecule has 0 saturated carbocycles. The molecular formula is C28H30N4O5S. The number of esters is 1. The predicted molar refractivity (Wildman–Crippen MR) is 145 cm³/mol. The van der Waals surface area contributed by atoms with E-state index in [1.807, 2.05) is 18.2 Å². The van der Waals surface area contributed by atoms with Crippen LogP contribution in [0, 0.1) is 0 Å². The number of nitrogens with zero attached hydrogens (tertiary/aromatic N) is 1. The summed E-state index contributed by atoms with van der Waals surface area (Å²) in [4.78, 5) is 33.3. The lowest BCUT2D eigenvalue weighted by molar-refractivity contribution is 0.0529. The van der Waals surface area contributed by atoms with Crippen LogP contribution >= 0.6 is 0 Å². The molecule has 0 radical (unpaired) electrons. The van der Waals surface area contributed by atoms with Crippen molar-refractivity contribution in [1.29, 1.82) is 0 Å². The number of carbonyl (C=O) groups is 1. The first kappa shape index (κ1) is 24.8. The number of H-pyrrole nitrogens is 2. The molecule has 2 unspecified atom stereocenters. The third kappa shape index (κ3) is 4.42. The van der Waals surface area contributed by atoms with Crippen molar-refractivity contribution in [3.05, 3.63) is 76.2 Å². The van der Waals surface area contributed by atoms with E-state index in [9.17, 15) is 18.0 Å². The number of rotatable bonds is 7. The number of benzene rings is 2. The summed E-state index contributed by atoms with van der Waals surface area (Å²) in [6, 6.07) is 15.5. The average molecular weight is 535 g/mol. The number of aromatic amines is 2. The third-order valence-corrected chi connectivity index (χ3v) is 9.35. The SMILES string of the molecule is CCOC(=O)c1c[nH]c2c(=O)[nH]c3ccc(S(=O)(=O)NC4CC5CCC(C4)N5Cc4ccccc4)cc3c12. The summed E-state index contributed by atoms with van der Waals surface area (Å²) in [5, 5.41) is 0.816. The molecule has 4 aromatic rings. The van der Waals surface area contributed by atoms with Gasteiger partial charge >= 0.3 is 5.97 Å². The van der Waals surface area contributed by atoms with Crippen LogP contribution in [0.15, 0.2) is 64.4 Å². The van der Waals surface area contributed by atoms with E-state index in [0.29, 0.717) is 28.4 Å². The van der Waals surface area contributed by atoms with Gasteiger partial charge in [0.05, 0.1) is 17.1 Å². The second-order valence-electron chi connectivity index (χ2n) is 10.2. The maximum Gasteiger partial charge on any atom is 0.340 e. The van der Waals surface area contributed by atoms with Gasteiger partial charge < -0.3 is 14.7 Å². The fraction of sp³-hybridized carbons (Fsp3) is 0.357. The van der Waals surface area contributed by atoms with Crippen molar-refractivity contribution in [1.82, 2.24) is 19.6 Å². The second-order valence-corrected chi connectivity index (χ2v) is 11.9. The van der Waals surface area contributed by atoms with Crippen LogP contribution in [0.4, 0.5) is 0 Å². The Morgan fingerprint density at radius 2 is 1.84 bits per heavy atom. The van der Waals surface area contributed by atoms with Crippen molar-refractivity contribution in [2.24, 2.45) is 0 Å². The van der Waals surface area contributed by atoms with E-state index in [-0.39, 0.29) is 28.6 Å². The number of sulfonamides is 1. The van der Waals surface area contributed by atoms with Crippen LogP contribution in [0.25, 0.3) is 21.8 Å². The first-order valence-electron chi connectivity index (χ1n) is 13.0. The summed E-state index contributed by atoms with van der Waals surface area (Å²) in [5.41, 5.74) is 1.72. The molecule has 2 fully saturated rings. The molecule has 4 heterocycles. The van der Waals surface area contributed by atoms with E-state index < -0.39 is 21.6 Å². The van der Waals surface area contributed by atoms with Crippen LogP contribution in [0.1, 0.15) is 48.5 Å². The average Bonchev–Trinajstić information content (AvgIpc) is 3.44. The van der Waals surface area contributed by atoms with E-state index >= 15 is 0 Å². The number of carbonyl (C=O) groups excluding carboxylic acids is 1. The molecule has 2 bridgehead atoms. The minimum atomic E-state index is -3.84. The first-order valence-corrected chi connectivity index (χ1v) is 14.5. The highest BCUT2D eigenvalue weighted by Crippen LogP contribution is 2.37. The Balaban J connectivity index is 1.27. The van der Waals surface area contributed by atoms with Crippen molar-refractivity contribution in [2.45, 2.75) is 62.2 Å². The maximum atomic E-state index is 13.5. The summed E-state index contributed by atoms with van der Waals surface area (Å²) in [7, 11) is -3.84. The van der Waals surface area contributed by atoms with Crippen LogP contribution in [0.3, 0.4) is 0 Å². The molecule has 38 heavy (non-hydrogen) atoms. The molecule has 0 spiro atoms. The third-order valence-electron chi connectivity index (χ3n) is 7.84. The summed E-state index contributed by atoms with van der Waals surface area (Å²) < 4.78 is 35.1. The molecule has 0 amide bonds. The minimum Gasteiger partial charge on any atom is -0.462 e. The number of hydrogen-bond acceptors (Lipinski definition) is 6. The van der Waals surface area contributed by atoms with E-state index in [1.165, 1.54) is 23.9 Å². The van der Waals surface area contributed by atoms with Crippen molar-refractivity contribution in [3.63, 3.8) is 0 Å². The van der Waals surface area contributed by atoms with Crippen molar-refractivity contribution >= 4 is 37.8 Å². The fourth-order valence-electron chi connectivity index (χ4n) is 6.15. The highest BCUT2D eigenvalue weighted by Gasteiger charge is 2.41. The standard InChI is InChI=1S/C28H30N4O5S/c1-2-37-28(34)23-15-29-26-25(23)22-14-21(10-11-24(22)30-27(26)33)38(35,36)31-18-12-19-8-9-20(13-18)32(19)16-17-6-4-3-5-7-17/h3-7,10-11,14-15,18-20,29,31H,2,8-9,12-13,16H2,1H3,(H,30,33). The minimum absolute atomic E-state index is 0.0911. The number of aromatic nitrogens is 2. The van der Waals surface area contributed by atoms with Crippen LogP contribution in [0.5, 0.6) is 0 Å². The zero-order chi connectivity index (χ0) is 26.4. The smallest absolute Gasteiger partial charge is 0.340 e. The van der Waals surface area contributed by atoms with Gasteiger partial charge in [-0.05, 0) is 56.4 Å². The largest absolute Gasteiger partial charge is 0.462 e. The lowest BCUT2D eigenvalue weighted by Crippen LogP contribution is -2.49. The quantitative estimate of drug-likeness (QED) is 0.311. The zero-order valence-corrected chi connectivity index (χ0v) is 21.9. The van der Waals surface area contributed by atoms with E-state index in [4.69, 9.17) is 4.74 Å². The molecule has 9 nitrogen and oxygen atoms in total. The molecule has 2 saturated heterocycles. The number of ether oxygens (including phenoxy) is 1. The second kappa shape index (κ2) is 9.68. The molecule has 2 aliphatic rings. The maximum absolute atomic E-state index is 13.5. The molecule has 198 valence electrons. The Morgan fingerprint density at radius 1 is 1.11 bits per heavy atom. The lowest BCUT2D eigenvalue weighted by Gasteiger charge is -2.39. The van der Waals surface area contributed by atoms with E-state index in [1.54, 1.807) is 13.0 Å². The molecule has 10 heteroatoms. The summed E-state index contributed by atoms with van der Waals surface area (Å²) in [6.07, 6.45) is 5.09. The predicted octanol–water partition coefficient (Wildman–Crippen LogP) is 3.66. The first-order chi connectivity index (χ1) is 18.3. The Morgan fingerprint density at radius 3 is 2.55 bits per heavy atom. The van der Waals surface area contributed by atoms with Crippen LogP contribution < -0.4 is 10.3 Å². The normalized spacial score (nSPS) is 21.8. The van der Waals surface area contributed by atoms with Crippen LogP contribution in [-0.2, 0) is 21.3 Å². The van der Waals surface area contributed by atoms with Gasteiger partial charge in [-0.3, -0.25) is 9.69 Å². The van der Waals surface area contributed by atoms with Gasteiger partial charge in [0.15, 0.2) is 0 Å². The number of pyridine rings is 1. The van der Waals surface area contributed by atoms with Gasteiger partial charge in [0.2, 0.25) is 10.0 Å². The Kier molecular flexibility index (Phi) is 6.33. The highest BCUT2D eigenvalue weighted by atomic mass is 32.2.